The molecule has 0 aliphatic heterocycles. The number of rotatable bonds is 2. The van der Waals surface area contributed by atoms with E-state index in [0.29, 0.717) is 5.84 Å². The highest BCUT2D eigenvalue weighted by Gasteiger charge is 1.68. The molecule has 2 N–H and O–H groups in total. The van der Waals surface area contributed by atoms with E-state index in [-0.39, 0.29) is 0 Å². The first-order chi connectivity index (χ1) is 4.77. The Morgan fingerprint density at radius 1 is 1.50 bits per heavy atom. The fourth-order valence-electron chi connectivity index (χ4n) is 0.172. The molecule has 0 aliphatic carbocycles. The van der Waals surface area contributed by atoms with Crippen molar-refractivity contribution in [2.24, 2.45) is 15.7 Å². The van der Waals surface area contributed by atoms with Crippen molar-refractivity contribution in [3.05, 3.63) is 12.8 Å². The molecule has 58 valence electrons. The summed E-state index contributed by atoms with van der Waals surface area (Å²) in [6.07, 6.45) is 2.74. The maximum Gasteiger partial charge on any atom is 0.117 e. The largest absolute Gasteiger partial charge is 0.387 e. The van der Waals surface area contributed by atoms with E-state index >= 15 is 0 Å². The van der Waals surface area contributed by atoms with Crippen LogP contribution in [-0.4, -0.2) is 12.2 Å². The summed E-state index contributed by atoms with van der Waals surface area (Å²) in [7, 11) is 0. The third-order valence-corrected chi connectivity index (χ3v) is 0.433. The lowest BCUT2D eigenvalue weighted by atomic mass is 10.7. The lowest BCUT2D eigenvalue weighted by molar-refractivity contribution is 1.50. The van der Waals surface area contributed by atoms with Gasteiger partial charge < -0.3 is 5.73 Å². The van der Waals surface area contributed by atoms with Crippen molar-refractivity contribution in [3.8, 4) is 0 Å². The molecule has 0 radical (unpaired) electrons. The van der Waals surface area contributed by atoms with Crippen LogP contribution in [0.15, 0.2) is 22.8 Å². The first-order valence-corrected chi connectivity index (χ1v) is 3.20. The number of amidine groups is 1. The van der Waals surface area contributed by atoms with Crippen LogP contribution < -0.4 is 5.73 Å². The van der Waals surface area contributed by atoms with Gasteiger partial charge >= 0.3 is 0 Å². The summed E-state index contributed by atoms with van der Waals surface area (Å²) < 4.78 is 0. The maximum atomic E-state index is 5.16. The zero-order chi connectivity index (χ0) is 8.41. The zero-order valence-corrected chi connectivity index (χ0v) is 6.83. The van der Waals surface area contributed by atoms with E-state index in [9.17, 15) is 0 Å². The molecule has 0 fully saturated rings. The monoisotopic (exact) mass is 141 g/mol. The molecule has 10 heavy (non-hydrogen) atoms. The molecule has 0 atom stereocenters. The Kier molecular flexibility index (Phi) is 12.6. The maximum absolute atomic E-state index is 5.16. The Labute approximate surface area is 62.4 Å². The van der Waals surface area contributed by atoms with Crippen LogP contribution in [0.5, 0.6) is 0 Å². The summed E-state index contributed by atoms with van der Waals surface area (Å²) in [4.78, 5) is 7.23. The molecular formula is C7H15N3. The van der Waals surface area contributed by atoms with Crippen LogP contribution in [0.2, 0.25) is 0 Å². The van der Waals surface area contributed by atoms with E-state index < -0.39 is 0 Å². The first kappa shape index (κ1) is 11.6. The summed E-state index contributed by atoms with van der Waals surface area (Å²) in [5.41, 5.74) is 5.16. The van der Waals surface area contributed by atoms with Crippen molar-refractivity contribution < 1.29 is 0 Å². The second kappa shape index (κ2) is 10.8. The van der Waals surface area contributed by atoms with Crippen molar-refractivity contribution in [3.63, 3.8) is 0 Å². The second-order valence-electron chi connectivity index (χ2n) is 1.22. The van der Waals surface area contributed by atoms with Crippen molar-refractivity contribution in [2.45, 2.75) is 20.8 Å². The van der Waals surface area contributed by atoms with Crippen LogP contribution in [0.25, 0.3) is 0 Å². The molecule has 0 aromatic rings. The normalized spacial score (nSPS) is 10.5. The fraction of sp³-hybridized carbons (Fsp3) is 0.429. The van der Waals surface area contributed by atoms with E-state index in [1.807, 2.05) is 13.8 Å². The molecule has 0 rings (SSSR count). The number of nitrogens with zero attached hydrogens (tertiary/aromatic N) is 2. The van der Waals surface area contributed by atoms with Gasteiger partial charge in [-0.2, -0.15) is 0 Å². The van der Waals surface area contributed by atoms with Gasteiger partial charge in [-0.25, -0.2) is 9.98 Å². The van der Waals surface area contributed by atoms with Gasteiger partial charge in [0, 0.05) is 6.20 Å². The van der Waals surface area contributed by atoms with Gasteiger partial charge in [0.05, 0.1) is 5.84 Å². The van der Waals surface area contributed by atoms with Crippen LogP contribution in [0.1, 0.15) is 20.8 Å². The van der Waals surface area contributed by atoms with Gasteiger partial charge in [0.1, 0.15) is 6.34 Å². The summed E-state index contributed by atoms with van der Waals surface area (Å²) in [6.45, 7) is 9.04. The van der Waals surface area contributed by atoms with Crippen LogP contribution >= 0.6 is 0 Å². The Bertz CT molecular complexity index is 121. The van der Waals surface area contributed by atoms with Gasteiger partial charge in [0.15, 0.2) is 0 Å². The Balaban J connectivity index is 0. The Hall–Kier alpha value is -1.12. The molecule has 0 unspecified atom stereocenters. The average Bonchev–Trinajstić information content (AvgIpc) is 1.92. The van der Waals surface area contributed by atoms with Gasteiger partial charge in [-0.05, 0) is 6.92 Å². The number of nitrogens with two attached hydrogens (primary N) is 1. The van der Waals surface area contributed by atoms with Crippen molar-refractivity contribution in [1.29, 1.82) is 0 Å². The lowest BCUT2D eigenvalue weighted by Crippen LogP contribution is -2.04. The van der Waals surface area contributed by atoms with Crippen molar-refractivity contribution in [2.75, 3.05) is 0 Å². The predicted molar refractivity (Wildman–Crippen MR) is 47.3 cm³/mol. The smallest absolute Gasteiger partial charge is 0.117 e. The minimum absolute atomic E-state index is 0.496. The summed E-state index contributed by atoms with van der Waals surface area (Å²) in [5.74, 6) is 0.496. The highest BCUT2D eigenvalue weighted by atomic mass is 14.9. The van der Waals surface area contributed by atoms with E-state index in [4.69, 9.17) is 5.73 Å². The quantitative estimate of drug-likeness (QED) is 0.460. The molecule has 0 bridgehead atoms. The Morgan fingerprint density at radius 2 is 2.00 bits per heavy atom. The number of hydrogen-bond donors (Lipinski definition) is 1. The molecule has 0 aromatic carbocycles. The molecule has 3 nitrogen and oxygen atoms in total. The summed E-state index contributed by atoms with van der Waals surface area (Å²) >= 11 is 0. The molecule has 0 aromatic heterocycles. The number of aliphatic imine (C=N–C) groups is 2. The molecule has 0 saturated carbocycles. The average molecular weight is 141 g/mol. The van der Waals surface area contributed by atoms with E-state index in [0.717, 1.165) is 0 Å². The summed E-state index contributed by atoms with van der Waals surface area (Å²) in [6, 6.07) is 0. The second-order valence-corrected chi connectivity index (χ2v) is 1.22. The van der Waals surface area contributed by atoms with Gasteiger partial charge in [-0.15, -0.1) is 0 Å². The summed E-state index contributed by atoms with van der Waals surface area (Å²) in [5, 5.41) is 0. The first-order valence-electron chi connectivity index (χ1n) is 3.20. The molecule has 0 spiro atoms. The van der Waals surface area contributed by atoms with E-state index in [1.54, 1.807) is 6.92 Å². The molecule has 0 saturated heterocycles. The lowest BCUT2D eigenvalue weighted by Gasteiger charge is -1.79. The molecule has 0 amide bonds. The third-order valence-electron chi connectivity index (χ3n) is 0.433. The minimum atomic E-state index is 0.496. The Morgan fingerprint density at radius 3 is 2.30 bits per heavy atom. The molecular weight excluding hydrogens is 126 g/mol. The van der Waals surface area contributed by atoms with Crippen LogP contribution in [0, 0.1) is 0 Å². The van der Waals surface area contributed by atoms with E-state index in [1.165, 1.54) is 12.5 Å². The topological polar surface area (TPSA) is 50.7 Å². The molecule has 0 aliphatic rings. The highest BCUT2D eigenvalue weighted by Crippen LogP contribution is 1.65. The minimum Gasteiger partial charge on any atom is -0.387 e. The predicted octanol–water partition coefficient (Wildman–Crippen LogP) is 1.56. The fourth-order valence-corrected chi connectivity index (χ4v) is 0.172. The van der Waals surface area contributed by atoms with Gasteiger partial charge in [-0.3, -0.25) is 0 Å². The number of hydrogen-bond acceptors (Lipinski definition) is 1. The third kappa shape index (κ3) is 15.8. The van der Waals surface area contributed by atoms with Crippen molar-refractivity contribution >= 4 is 12.2 Å². The van der Waals surface area contributed by atoms with Gasteiger partial charge in [-0.1, -0.05) is 20.4 Å². The van der Waals surface area contributed by atoms with Crippen molar-refractivity contribution in [1.82, 2.24) is 0 Å². The molecule has 3 heteroatoms. The van der Waals surface area contributed by atoms with E-state index in [2.05, 4.69) is 16.6 Å². The highest BCUT2D eigenvalue weighted by molar-refractivity contribution is 5.85. The van der Waals surface area contributed by atoms with Gasteiger partial charge in [0.2, 0.25) is 0 Å². The van der Waals surface area contributed by atoms with Crippen LogP contribution in [0.4, 0.5) is 0 Å². The standard InChI is InChI=1S/C5H9N3.C2H6/c1-3-7-4-8-5(2)6;1-2/h3-4H,1H2,2H3,(H2,6,7,8);1-2H3. The SMILES string of the molecule is C=CN=CN=C(C)N.CC. The van der Waals surface area contributed by atoms with Crippen LogP contribution in [0.3, 0.4) is 0 Å². The zero-order valence-electron chi connectivity index (χ0n) is 6.83. The molecule has 0 heterocycles. The van der Waals surface area contributed by atoms with Gasteiger partial charge in [0.25, 0.3) is 0 Å². The van der Waals surface area contributed by atoms with Crippen LogP contribution in [-0.2, 0) is 0 Å².